The van der Waals surface area contributed by atoms with Crippen molar-refractivity contribution in [3.63, 3.8) is 0 Å². The van der Waals surface area contributed by atoms with Crippen LogP contribution in [0.15, 0.2) is 84.9 Å². The second-order valence-corrected chi connectivity index (χ2v) is 7.54. The van der Waals surface area contributed by atoms with Crippen LogP contribution in [0.5, 0.6) is 11.5 Å². The van der Waals surface area contributed by atoms with Crippen LogP contribution in [0, 0.1) is 11.6 Å². The first kappa shape index (κ1) is 20.6. The van der Waals surface area contributed by atoms with Gasteiger partial charge in [0.25, 0.3) is 0 Å². The molecule has 0 unspecified atom stereocenters. The molecule has 4 heteroatoms. The van der Waals surface area contributed by atoms with E-state index in [4.69, 9.17) is 0 Å². The lowest BCUT2D eigenvalue weighted by Crippen LogP contribution is -1.99. The van der Waals surface area contributed by atoms with E-state index >= 15 is 0 Å². The number of hydrogen-bond acceptors (Lipinski definition) is 2. The number of halogens is 2. The third-order valence-electron chi connectivity index (χ3n) is 5.60. The Morgan fingerprint density at radius 1 is 0.581 bits per heavy atom. The summed E-state index contributed by atoms with van der Waals surface area (Å²) in [5.41, 5.74) is 5.47. The highest BCUT2D eigenvalue weighted by atomic mass is 19.1. The number of rotatable bonds is 5. The predicted octanol–water partition coefficient (Wildman–Crippen LogP) is 7.25. The van der Waals surface area contributed by atoms with Gasteiger partial charge < -0.3 is 10.2 Å². The third kappa shape index (κ3) is 4.29. The molecule has 31 heavy (non-hydrogen) atoms. The summed E-state index contributed by atoms with van der Waals surface area (Å²) in [5, 5.41) is 18.8. The Labute approximate surface area is 180 Å². The van der Waals surface area contributed by atoms with Crippen LogP contribution in [-0.4, -0.2) is 10.2 Å². The van der Waals surface area contributed by atoms with Crippen LogP contribution in [0.2, 0.25) is 0 Å². The molecule has 0 radical (unpaired) electrons. The average molecular weight is 416 g/mol. The lowest BCUT2D eigenvalue weighted by Gasteiger charge is -2.17. The van der Waals surface area contributed by atoms with Gasteiger partial charge in [0.05, 0.1) is 0 Å². The highest BCUT2D eigenvalue weighted by molar-refractivity contribution is 5.66. The van der Waals surface area contributed by atoms with Gasteiger partial charge in [0.15, 0.2) is 23.1 Å². The summed E-state index contributed by atoms with van der Waals surface area (Å²) in [6.07, 6.45) is 0.903. The Morgan fingerprint density at radius 2 is 0.935 bits per heavy atom. The Balaban J connectivity index is 1.58. The number of phenols is 2. The zero-order valence-corrected chi connectivity index (χ0v) is 17.0. The molecule has 0 aromatic heterocycles. The second kappa shape index (κ2) is 8.60. The molecular formula is C27H22F2O2. The number of benzene rings is 4. The fourth-order valence-corrected chi connectivity index (χ4v) is 3.85. The van der Waals surface area contributed by atoms with E-state index in [1.807, 2.05) is 48.5 Å². The maximum Gasteiger partial charge on any atom is 0.165 e. The van der Waals surface area contributed by atoms with Crippen molar-refractivity contribution in [2.75, 3.05) is 0 Å². The molecule has 2 N–H and O–H groups in total. The summed E-state index contributed by atoms with van der Waals surface area (Å²) in [6.45, 7) is 2.12. The zero-order chi connectivity index (χ0) is 22.0. The Hall–Kier alpha value is -3.66. The van der Waals surface area contributed by atoms with E-state index in [9.17, 15) is 19.0 Å². The number of phenolic OH excluding ortho intramolecular Hbond substituents is 2. The quantitative estimate of drug-likeness (QED) is 0.360. The average Bonchev–Trinajstić information content (AvgIpc) is 2.79. The SMILES string of the molecule is CCC(c1ccc(-c2ccc(O)c(F)c2)cc1)c1ccc(-c2ccc(O)c(F)c2)cc1. The van der Waals surface area contributed by atoms with E-state index in [-0.39, 0.29) is 17.4 Å². The third-order valence-corrected chi connectivity index (χ3v) is 5.60. The van der Waals surface area contributed by atoms with E-state index in [1.165, 1.54) is 24.3 Å². The molecule has 0 aliphatic heterocycles. The molecule has 0 aliphatic carbocycles. The van der Waals surface area contributed by atoms with Gasteiger partial charge in [-0.25, -0.2) is 8.78 Å². The monoisotopic (exact) mass is 416 g/mol. The summed E-state index contributed by atoms with van der Waals surface area (Å²) >= 11 is 0. The highest BCUT2D eigenvalue weighted by Crippen LogP contribution is 2.32. The van der Waals surface area contributed by atoms with E-state index in [2.05, 4.69) is 6.92 Å². The van der Waals surface area contributed by atoms with Crippen LogP contribution in [0.3, 0.4) is 0 Å². The minimum absolute atomic E-state index is 0.191. The van der Waals surface area contributed by atoms with Gasteiger partial charge in [-0.15, -0.1) is 0 Å². The van der Waals surface area contributed by atoms with E-state index < -0.39 is 11.6 Å². The number of hydrogen-bond donors (Lipinski definition) is 2. The smallest absolute Gasteiger partial charge is 0.165 e. The fraction of sp³-hybridized carbons (Fsp3) is 0.111. The molecule has 0 heterocycles. The maximum atomic E-state index is 13.7. The van der Waals surface area contributed by atoms with Crippen LogP contribution in [0.4, 0.5) is 8.78 Å². The van der Waals surface area contributed by atoms with Crippen molar-refractivity contribution in [1.82, 2.24) is 0 Å². The minimum Gasteiger partial charge on any atom is -0.505 e. The predicted molar refractivity (Wildman–Crippen MR) is 119 cm³/mol. The molecule has 0 atom stereocenters. The molecule has 156 valence electrons. The van der Waals surface area contributed by atoms with E-state index in [1.54, 1.807) is 12.1 Å². The topological polar surface area (TPSA) is 40.5 Å². The minimum atomic E-state index is -0.637. The van der Waals surface area contributed by atoms with Gasteiger partial charge in [-0.1, -0.05) is 67.6 Å². The van der Waals surface area contributed by atoms with Crippen LogP contribution in [0.1, 0.15) is 30.4 Å². The molecule has 0 spiro atoms. The molecule has 0 saturated heterocycles. The first-order chi connectivity index (χ1) is 15.0. The van der Waals surface area contributed by atoms with Gasteiger partial charge >= 0.3 is 0 Å². The van der Waals surface area contributed by atoms with Gasteiger partial charge in [0.2, 0.25) is 0 Å². The van der Waals surface area contributed by atoms with E-state index in [0.29, 0.717) is 11.1 Å². The molecule has 4 aromatic carbocycles. The van der Waals surface area contributed by atoms with Gasteiger partial charge in [0.1, 0.15) is 0 Å². The standard InChI is InChI=1S/C27H22F2O2/c1-2-23(19-7-3-17(4-8-19)21-11-13-26(30)24(28)15-21)20-9-5-18(6-10-20)22-12-14-27(31)25(29)16-22/h3-16,23,30-31H,2H2,1H3. The van der Waals surface area contributed by atoms with Gasteiger partial charge in [0, 0.05) is 5.92 Å². The van der Waals surface area contributed by atoms with Gasteiger partial charge in [-0.2, -0.15) is 0 Å². The lowest BCUT2D eigenvalue weighted by atomic mass is 9.87. The molecule has 0 bridgehead atoms. The van der Waals surface area contributed by atoms with E-state index in [0.717, 1.165) is 28.7 Å². The Morgan fingerprint density at radius 3 is 1.26 bits per heavy atom. The largest absolute Gasteiger partial charge is 0.505 e. The molecule has 4 rings (SSSR count). The van der Waals surface area contributed by atoms with Crippen molar-refractivity contribution in [2.45, 2.75) is 19.3 Å². The van der Waals surface area contributed by atoms with Crippen molar-refractivity contribution in [2.24, 2.45) is 0 Å². The van der Waals surface area contributed by atoms with Crippen molar-refractivity contribution >= 4 is 0 Å². The molecule has 2 nitrogen and oxygen atoms in total. The molecule has 4 aromatic rings. The normalized spacial score (nSPS) is 11.1. The van der Waals surface area contributed by atoms with Gasteiger partial charge in [-0.05, 0) is 64.1 Å². The van der Waals surface area contributed by atoms with Crippen molar-refractivity contribution in [3.05, 3.63) is 108 Å². The Bertz CT molecular complexity index is 1100. The second-order valence-electron chi connectivity index (χ2n) is 7.54. The van der Waals surface area contributed by atoms with Crippen molar-refractivity contribution in [1.29, 1.82) is 0 Å². The van der Waals surface area contributed by atoms with Crippen molar-refractivity contribution in [3.8, 4) is 33.8 Å². The summed E-state index contributed by atoms with van der Waals surface area (Å²) in [6, 6.07) is 24.7. The lowest BCUT2D eigenvalue weighted by molar-refractivity contribution is 0.432. The molecule has 0 fully saturated rings. The molecule has 0 aliphatic rings. The number of aromatic hydroxyl groups is 2. The first-order valence-electron chi connectivity index (χ1n) is 10.1. The molecular weight excluding hydrogens is 394 g/mol. The first-order valence-corrected chi connectivity index (χ1v) is 10.1. The summed E-state index contributed by atoms with van der Waals surface area (Å²) < 4.78 is 27.3. The van der Waals surface area contributed by atoms with Crippen LogP contribution in [-0.2, 0) is 0 Å². The van der Waals surface area contributed by atoms with Crippen LogP contribution < -0.4 is 0 Å². The van der Waals surface area contributed by atoms with Crippen LogP contribution >= 0.6 is 0 Å². The summed E-state index contributed by atoms with van der Waals surface area (Å²) in [4.78, 5) is 0. The summed E-state index contributed by atoms with van der Waals surface area (Å²) in [5.74, 6) is -1.80. The molecule has 0 amide bonds. The Kier molecular flexibility index (Phi) is 5.72. The van der Waals surface area contributed by atoms with Crippen molar-refractivity contribution < 1.29 is 19.0 Å². The molecule has 0 saturated carbocycles. The van der Waals surface area contributed by atoms with Crippen LogP contribution in [0.25, 0.3) is 22.3 Å². The van der Waals surface area contributed by atoms with Gasteiger partial charge in [-0.3, -0.25) is 0 Å². The summed E-state index contributed by atoms with van der Waals surface area (Å²) in [7, 11) is 0. The zero-order valence-electron chi connectivity index (χ0n) is 17.0. The highest BCUT2D eigenvalue weighted by Gasteiger charge is 2.13. The fourth-order valence-electron chi connectivity index (χ4n) is 3.85. The maximum absolute atomic E-state index is 13.7.